The Kier molecular flexibility index (Phi) is 5.56. The quantitative estimate of drug-likeness (QED) is 0.735. The predicted molar refractivity (Wildman–Crippen MR) is 118 cm³/mol. The molecule has 2 N–H and O–H groups in total. The monoisotopic (exact) mass is 423 g/mol. The lowest BCUT2D eigenvalue weighted by Crippen LogP contribution is -2.42. The summed E-state index contributed by atoms with van der Waals surface area (Å²) >= 11 is 1.61. The highest BCUT2D eigenvalue weighted by Crippen LogP contribution is 2.39. The number of hydrogen-bond acceptors (Lipinski definition) is 6. The Bertz CT molecular complexity index is 1050. The Morgan fingerprint density at radius 1 is 1.17 bits per heavy atom. The number of thioether (sulfide) groups is 1. The molecule has 4 unspecified atom stereocenters. The molecule has 1 amide bonds. The number of anilines is 2. The van der Waals surface area contributed by atoms with Crippen molar-refractivity contribution in [3.8, 4) is 6.07 Å². The van der Waals surface area contributed by atoms with Crippen molar-refractivity contribution < 1.29 is 4.79 Å². The number of benzene rings is 1. The Morgan fingerprint density at radius 3 is 2.43 bits per heavy atom. The second-order valence-electron chi connectivity index (χ2n) is 8.35. The van der Waals surface area contributed by atoms with Crippen LogP contribution < -0.4 is 15.8 Å². The number of rotatable bonds is 3. The van der Waals surface area contributed by atoms with E-state index in [2.05, 4.69) is 40.1 Å². The Balaban J connectivity index is 1.80. The van der Waals surface area contributed by atoms with Crippen LogP contribution in [0.4, 0.5) is 11.8 Å². The van der Waals surface area contributed by atoms with Crippen LogP contribution >= 0.6 is 11.8 Å². The van der Waals surface area contributed by atoms with Crippen molar-refractivity contribution in [2.75, 3.05) is 29.6 Å². The summed E-state index contributed by atoms with van der Waals surface area (Å²) in [6, 6.07) is 9.71. The summed E-state index contributed by atoms with van der Waals surface area (Å²) in [5, 5.41) is 12.4. The number of H-pyrrole nitrogens is 1. The van der Waals surface area contributed by atoms with E-state index in [4.69, 9.17) is 0 Å². The van der Waals surface area contributed by atoms with Crippen LogP contribution in [0.3, 0.4) is 0 Å². The minimum absolute atomic E-state index is 0.259. The van der Waals surface area contributed by atoms with Gasteiger partial charge >= 0.3 is 0 Å². The van der Waals surface area contributed by atoms with E-state index in [9.17, 15) is 14.9 Å². The SMILES string of the molecule is CSc1ccc(C2c3c(nc(N4CC(C)CC(C)C4)[nH]c3=O)NC(=O)C2C#N)cc1. The first-order valence-electron chi connectivity index (χ1n) is 10.1. The van der Waals surface area contributed by atoms with Gasteiger partial charge in [-0.1, -0.05) is 26.0 Å². The first-order chi connectivity index (χ1) is 14.4. The molecule has 2 aromatic rings. The molecule has 2 aliphatic heterocycles. The van der Waals surface area contributed by atoms with Crippen LogP contribution in [0.5, 0.6) is 0 Å². The van der Waals surface area contributed by atoms with Gasteiger partial charge in [0.05, 0.1) is 11.6 Å². The number of hydrogen-bond donors (Lipinski definition) is 2. The zero-order valence-electron chi connectivity index (χ0n) is 17.3. The molecule has 1 fully saturated rings. The Morgan fingerprint density at radius 2 is 1.83 bits per heavy atom. The van der Waals surface area contributed by atoms with Crippen LogP contribution in [0, 0.1) is 29.1 Å². The molecule has 0 saturated carbocycles. The summed E-state index contributed by atoms with van der Waals surface area (Å²) in [6.07, 6.45) is 3.12. The fraction of sp³-hybridized carbons (Fsp3) is 0.455. The molecule has 4 atom stereocenters. The number of aromatic nitrogens is 2. The van der Waals surface area contributed by atoms with Gasteiger partial charge < -0.3 is 10.2 Å². The Labute approximate surface area is 179 Å². The molecule has 0 radical (unpaired) electrons. The molecular weight excluding hydrogens is 398 g/mol. The van der Waals surface area contributed by atoms with Crippen LogP contribution in [0.1, 0.15) is 37.3 Å². The highest BCUT2D eigenvalue weighted by Gasteiger charge is 2.40. The third kappa shape index (κ3) is 3.70. The topological polar surface area (TPSA) is 102 Å². The maximum absolute atomic E-state index is 13.2. The van der Waals surface area contributed by atoms with Gasteiger partial charge in [0.1, 0.15) is 11.7 Å². The normalized spacial score (nSPS) is 25.9. The maximum atomic E-state index is 13.2. The lowest BCUT2D eigenvalue weighted by molar-refractivity contribution is -0.119. The summed E-state index contributed by atoms with van der Waals surface area (Å²) in [5.74, 6) is -0.334. The zero-order chi connectivity index (χ0) is 21.4. The van der Waals surface area contributed by atoms with Gasteiger partial charge in [-0.25, -0.2) is 0 Å². The number of amides is 1. The van der Waals surface area contributed by atoms with Crippen molar-refractivity contribution >= 4 is 29.4 Å². The highest BCUT2D eigenvalue weighted by molar-refractivity contribution is 7.98. The van der Waals surface area contributed by atoms with Crippen LogP contribution in [-0.2, 0) is 4.79 Å². The van der Waals surface area contributed by atoms with Crippen molar-refractivity contribution in [2.45, 2.75) is 31.1 Å². The number of nitriles is 1. The van der Waals surface area contributed by atoms with Crippen LogP contribution in [0.2, 0.25) is 0 Å². The molecule has 1 aromatic heterocycles. The Hall–Kier alpha value is -2.79. The fourth-order valence-corrected chi connectivity index (χ4v) is 5.06. The van der Waals surface area contributed by atoms with Crippen molar-refractivity contribution in [2.24, 2.45) is 17.8 Å². The van der Waals surface area contributed by atoms with E-state index in [0.717, 1.165) is 30.0 Å². The molecule has 4 rings (SSSR count). The van der Waals surface area contributed by atoms with Gasteiger partial charge in [0.2, 0.25) is 11.9 Å². The van der Waals surface area contributed by atoms with Crippen molar-refractivity contribution in [3.63, 3.8) is 0 Å². The summed E-state index contributed by atoms with van der Waals surface area (Å²) < 4.78 is 0. The van der Waals surface area contributed by atoms with Gasteiger partial charge in [-0.3, -0.25) is 14.6 Å². The van der Waals surface area contributed by atoms with E-state index in [1.807, 2.05) is 30.5 Å². The first-order valence-corrected chi connectivity index (χ1v) is 11.4. The van der Waals surface area contributed by atoms with E-state index in [1.165, 1.54) is 0 Å². The zero-order valence-corrected chi connectivity index (χ0v) is 18.1. The van der Waals surface area contributed by atoms with Gasteiger partial charge in [-0.2, -0.15) is 10.2 Å². The second kappa shape index (κ2) is 8.15. The minimum Gasteiger partial charge on any atom is -0.342 e. The largest absolute Gasteiger partial charge is 0.342 e. The van der Waals surface area contributed by atoms with Gasteiger partial charge in [0.25, 0.3) is 5.56 Å². The van der Waals surface area contributed by atoms with E-state index >= 15 is 0 Å². The van der Waals surface area contributed by atoms with Crippen LogP contribution in [0.25, 0.3) is 0 Å². The van der Waals surface area contributed by atoms with Gasteiger partial charge in [-0.05, 0) is 42.2 Å². The molecule has 7 nitrogen and oxygen atoms in total. The molecule has 1 aromatic carbocycles. The fourth-order valence-electron chi connectivity index (χ4n) is 4.66. The molecule has 30 heavy (non-hydrogen) atoms. The number of carbonyl (C=O) groups is 1. The van der Waals surface area contributed by atoms with E-state index < -0.39 is 17.7 Å². The summed E-state index contributed by atoms with van der Waals surface area (Å²) in [6.45, 7) is 5.99. The van der Waals surface area contributed by atoms with E-state index in [1.54, 1.807) is 11.8 Å². The van der Waals surface area contributed by atoms with Gasteiger partial charge in [0.15, 0.2) is 0 Å². The van der Waals surface area contributed by atoms with Crippen LogP contribution in [0.15, 0.2) is 34.0 Å². The number of aromatic amines is 1. The molecule has 156 valence electrons. The number of carbonyl (C=O) groups excluding carboxylic acids is 1. The molecule has 3 heterocycles. The second-order valence-corrected chi connectivity index (χ2v) is 9.23. The average Bonchev–Trinajstić information content (AvgIpc) is 2.72. The minimum atomic E-state index is -0.985. The predicted octanol–water partition coefficient (Wildman–Crippen LogP) is 3.20. The molecule has 1 saturated heterocycles. The number of piperidine rings is 1. The maximum Gasteiger partial charge on any atom is 0.258 e. The third-order valence-corrected chi connectivity index (χ3v) is 6.64. The van der Waals surface area contributed by atoms with Crippen LogP contribution in [-0.4, -0.2) is 35.2 Å². The van der Waals surface area contributed by atoms with Crippen molar-refractivity contribution in [1.82, 2.24) is 9.97 Å². The number of nitrogens with zero attached hydrogens (tertiary/aromatic N) is 3. The summed E-state index contributed by atoms with van der Waals surface area (Å²) in [5.41, 5.74) is 0.802. The lowest BCUT2D eigenvalue weighted by Gasteiger charge is -2.36. The molecule has 8 heteroatoms. The number of fused-ring (bicyclic) bond motifs is 1. The van der Waals surface area contributed by atoms with Crippen molar-refractivity contribution in [1.29, 1.82) is 5.26 Å². The molecular formula is C22H25N5O2S. The highest BCUT2D eigenvalue weighted by atomic mass is 32.2. The smallest absolute Gasteiger partial charge is 0.258 e. The summed E-state index contributed by atoms with van der Waals surface area (Å²) in [4.78, 5) is 36.6. The third-order valence-electron chi connectivity index (χ3n) is 5.89. The molecule has 0 spiro atoms. The van der Waals surface area contributed by atoms with E-state index in [0.29, 0.717) is 23.3 Å². The van der Waals surface area contributed by atoms with Crippen molar-refractivity contribution in [3.05, 3.63) is 45.7 Å². The number of nitrogens with one attached hydrogen (secondary N) is 2. The molecule has 0 bridgehead atoms. The average molecular weight is 424 g/mol. The molecule has 0 aliphatic carbocycles. The van der Waals surface area contributed by atoms with E-state index in [-0.39, 0.29) is 11.4 Å². The van der Waals surface area contributed by atoms with Gasteiger partial charge in [0, 0.05) is 23.9 Å². The standard InChI is InChI=1S/C22H25N5O2S/c1-12-8-13(2)11-27(10-12)22-25-19-18(21(29)26-22)17(16(9-23)20(28)24-19)14-4-6-15(30-3)7-5-14/h4-7,12-13,16-17H,8,10-11H2,1-3H3,(H2,24,25,26,28,29). The summed E-state index contributed by atoms with van der Waals surface area (Å²) in [7, 11) is 0. The first kappa shape index (κ1) is 20.5. The lowest BCUT2D eigenvalue weighted by atomic mass is 9.79. The molecule has 2 aliphatic rings. The van der Waals surface area contributed by atoms with Gasteiger partial charge in [-0.15, -0.1) is 11.8 Å².